The minimum atomic E-state index is -0.812. The number of hydrogen-bond donors (Lipinski definition) is 1. The molecule has 2 unspecified atom stereocenters. The Morgan fingerprint density at radius 2 is 2.07 bits per heavy atom. The van der Waals surface area contributed by atoms with Crippen molar-refractivity contribution < 1.29 is 8.78 Å². The summed E-state index contributed by atoms with van der Waals surface area (Å²) in [5.41, 5.74) is 6.45. The van der Waals surface area contributed by atoms with E-state index in [1.807, 2.05) is 0 Å². The maximum Gasteiger partial charge on any atom is 0.159 e. The van der Waals surface area contributed by atoms with Crippen molar-refractivity contribution in [3.05, 3.63) is 35.4 Å². The minimum absolute atomic E-state index is 0.464. The second-order valence-corrected chi connectivity index (χ2v) is 4.63. The molecule has 2 rings (SSSR count). The van der Waals surface area contributed by atoms with Gasteiger partial charge >= 0.3 is 0 Å². The van der Waals surface area contributed by atoms with E-state index >= 15 is 0 Å². The van der Waals surface area contributed by atoms with Crippen LogP contribution in [0.25, 0.3) is 0 Å². The van der Waals surface area contributed by atoms with Crippen molar-refractivity contribution in [2.75, 3.05) is 0 Å². The van der Waals surface area contributed by atoms with E-state index in [-0.39, 0.29) is 0 Å². The smallest absolute Gasteiger partial charge is 0.159 e. The summed E-state index contributed by atoms with van der Waals surface area (Å²) in [5.74, 6) is -1.06. The number of nitrogens with two attached hydrogens (primary N) is 1. The first-order chi connectivity index (χ1) is 7.01. The van der Waals surface area contributed by atoms with E-state index in [0.29, 0.717) is 11.5 Å². The molecule has 0 heterocycles. The van der Waals surface area contributed by atoms with Crippen LogP contribution in [-0.2, 0) is 5.54 Å². The van der Waals surface area contributed by atoms with Gasteiger partial charge in [-0.25, -0.2) is 8.78 Å². The molecule has 0 spiro atoms. The van der Waals surface area contributed by atoms with Crippen molar-refractivity contribution in [1.29, 1.82) is 0 Å². The Labute approximate surface area is 88.3 Å². The molecule has 1 fully saturated rings. The molecule has 0 radical (unpaired) electrons. The lowest BCUT2D eigenvalue weighted by Crippen LogP contribution is -2.33. The fourth-order valence-electron chi connectivity index (χ4n) is 2.40. The molecule has 2 atom stereocenters. The maximum absolute atomic E-state index is 13.1. The largest absolute Gasteiger partial charge is 0.321 e. The zero-order valence-corrected chi connectivity index (χ0v) is 8.76. The summed E-state index contributed by atoms with van der Waals surface area (Å²) in [5, 5.41) is 0. The van der Waals surface area contributed by atoms with Crippen LogP contribution in [-0.4, -0.2) is 0 Å². The van der Waals surface area contributed by atoms with Crippen LogP contribution in [0.1, 0.15) is 31.7 Å². The molecular formula is C12H15F2N. The quantitative estimate of drug-likeness (QED) is 0.759. The predicted molar refractivity (Wildman–Crippen MR) is 55.2 cm³/mol. The summed E-state index contributed by atoms with van der Waals surface area (Å²) in [7, 11) is 0. The third kappa shape index (κ3) is 1.88. The summed E-state index contributed by atoms with van der Waals surface area (Å²) in [6.07, 6.45) is 2.74. The zero-order valence-electron chi connectivity index (χ0n) is 8.76. The van der Waals surface area contributed by atoms with Crippen LogP contribution in [0.2, 0.25) is 0 Å². The Bertz CT molecular complexity index is 378. The molecule has 1 nitrogen and oxygen atoms in total. The van der Waals surface area contributed by atoms with Gasteiger partial charge in [0, 0.05) is 5.54 Å². The Balaban J connectivity index is 2.33. The highest BCUT2D eigenvalue weighted by molar-refractivity contribution is 5.26. The molecule has 0 saturated heterocycles. The van der Waals surface area contributed by atoms with Gasteiger partial charge in [0.15, 0.2) is 11.6 Å². The molecule has 15 heavy (non-hydrogen) atoms. The van der Waals surface area contributed by atoms with Crippen molar-refractivity contribution in [3.63, 3.8) is 0 Å². The summed E-state index contributed by atoms with van der Waals surface area (Å²) >= 11 is 0. The highest BCUT2D eigenvalue weighted by Crippen LogP contribution is 2.39. The molecule has 0 amide bonds. The van der Waals surface area contributed by atoms with Gasteiger partial charge in [0.25, 0.3) is 0 Å². The average molecular weight is 211 g/mol. The van der Waals surface area contributed by atoms with E-state index in [1.165, 1.54) is 6.07 Å². The van der Waals surface area contributed by atoms with Crippen LogP contribution < -0.4 is 5.73 Å². The monoisotopic (exact) mass is 211 g/mol. The predicted octanol–water partition coefficient (Wildman–Crippen LogP) is 2.94. The van der Waals surface area contributed by atoms with E-state index < -0.39 is 17.2 Å². The first-order valence-electron chi connectivity index (χ1n) is 5.26. The van der Waals surface area contributed by atoms with Gasteiger partial charge in [0.2, 0.25) is 0 Å². The molecule has 0 aromatic heterocycles. The summed E-state index contributed by atoms with van der Waals surface area (Å²) < 4.78 is 25.8. The van der Waals surface area contributed by atoms with Crippen LogP contribution in [0, 0.1) is 17.6 Å². The van der Waals surface area contributed by atoms with Crippen molar-refractivity contribution in [3.8, 4) is 0 Å². The SMILES string of the molecule is CC1CCC(N)(c2ccc(F)c(F)c2)C1. The molecule has 0 aliphatic heterocycles. The van der Waals surface area contributed by atoms with Crippen molar-refractivity contribution in [2.24, 2.45) is 11.7 Å². The lowest BCUT2D eigenvalue weighted by molar-refractivity contribution is 0.432. The molecule has 1 aliphatic carbocycles. The second kappa shape index (κ2) is 3.56. The van der Waals surface area contributed by atoms with Crippen molar-refractivity contribution >= 4 is 0 Å². The van der Waals surface area contributed by atoms with E-state index in [0.717, 1.165) is 25.3 Å². The van der Waals surface area contributed by atoms with Crippen molar-refractivity contribution in [2.45, 2.75) is 31.7 Å². The molecule has 82 valence electrons. The highest BCUT2D eigenvalue weighted by atomic mass is 19.2. The summed E-state index contributed by atoms with van der Waals surface area (Å²) in [6, 6.07) is 3.98. The van der Waals surface area contributed by atoms with Crippen molar-refractivity contribution in [1.82, 2.24) is 0 Å². The lowest BCUT2D eigenvalue weighted by atomic mass is 9.88. The number of rotatable bonds is 1. The Morgan fingerprint density at radius 3 is 2.60 bits per heavy atom. The second-order valence-electron chi connectivity index (χ2n) is 4.63. The van der Waals surface area contributed by atoms with Crippen LogP contribution >= 0.6 is 0 Å². The van der Waals surface area contributed by atoms with Gasteiger partial charge in [0.05, 0.1) is 0 Å². The average Bonchev–Trinajstić information content (AvgIpc) is 2.52. The molecule has 1 saturated carbocycles. The van der Waals surface area contributed by atoms with Crippen LogP contribution in [0.3, 0.4) is 0 Å². The zero-order chi connectivity index (χ0) is 11.1. The standard InChI is InChI=1S/C12H15F2N/c1-8-4-5-12(15,7-8)9-2-3-10(13)11(14)6-9/h2-3,6,8H,4-5,7,15H2,1H3. The lowest BCUT2D eigenvalue weighted by Gasteiger charge is -2.24. The van der Waals surface area contributed by atoms with Gasteiger partial charge in [-0.05, 0) is 42.9 Å². The third-order valence-electron chi connectivity index (χ3n) is 3.29. The first-order valence-corrected chi connectivity index (χ1v) is 5.26. The topological polar surface area (TPSA) is 26.0 Å². The normalized spacial score (nSPS) is 30.8. The number of benzene rings is 1. The van der Waals surface area contributed by atoms with Gasteiger partial charge in [-0.15, -0.1) is 0 Å². The maximum atomic E-state index is 13.1. The summed E-state index contributed by atoms with van der Waals surface area (Å²) in [6.45, 7) is 2.13. The van der Waals surface area contributed by atoms with E-state index in [4.69, 9.17) is 5.73 Å². The van der Waals surface area contributed by atoms with E-state index in [1.54, 1.807) is 6.07 Å². The number of hydrogen-bond acceptors (Lipinski definition) is 1. The molecule has 1 aromatic rings. The van der Waals surface area contributed by atoms with E-state index in [9.17, 15) is 8.78 Å². The Kier molecular flexibility index (Phi) is 2.51. The first kappa shape index (κ1) is 10.6. The molecule has 0 bridgehead atoms. The van der Waals surface area contributed by atoms with Gasteiger partial charge in [-0.1, -0.05) is 13.0 Å². The summed E-state index contributed by atoms with van der Waals surface area (Å²) in [4.78, 5) is 0. The van der Waals surface area contributed by atoms with Gasteiger partial charge in [0.1, 0.15) is 0 Å². The highest BCUT2D eigenvalue weighted by Gasteiger charge is 2.35. The molecule has 3 heteroatoms. The van der Waals surface area contributed by atoms with Gasteiger partial charge in [-0.2, -0.15) is 0 Å². The Hall–Kier alpha value is -0.960. The third-order valence-corrected chi connectivity index (χ3v) is 3.29. The van der Waals surface area contributed by atoms with Gasteiger partial charge in [-0.3, -0.25) is 0 Å². The molecule has 1 aromatic carbocycles. The van der Waals surface area contributed by atoms with Crippen LogP contribution in [0.15, 0.2) is 18.2 Å². The minimum Gasteiger partial charge on any atom is -0.321 e. The van der Waals surface area contributed by atoms with E-state index in [2.05, 4.69) is 6.92 Å². The van der Waals surface area contributed by atoms with Gasteiger partial charge < -0.3 is 5.73 Å². The molecule has 1 aliphatic rings. The fraction of sp³-hybridized carbons (Fsp3) is 0.500. The van der Waals surface area contributed by atoms with Crippen LogP contribution in [0.4, 0.5) is 8.78 Å². The van der Waals surface area contributed by atoms with Crippen LogP contribution in [0.5, 0.6) is 0 Å². The fourth-order valence-corrected chi connectivity index (χ4v) is 2.40. The Morgan fingerprint density at radius 1 is 1.33 bits per heavy atom. The number of halogens is 2. The molecule has 2 N–H and O–H groups in total. The molecular weight excluding hydrogens is 196 g/mol.